The molecule has 0 saturated heterocycles. The number of rotatable bonds is 9. The molecule has 1 N–H and O–H groups in total. The lowest BCUT2D eigenvalue weighted by Crippen LogP contribution is -2.25. The number of unbranched alkanes of at least 4 members (excludes halogenated alkanes) is 1. The van der Waals surface area contributed by atoms with E-state index in [-0.39, 0.29) is 5.92 Å². The predicted octanol–water partition coefficient (Wildman–Crippen LogP) is 5.33. The van der Waals surface area contributed by atoms with E-state index >= 15 is 0 Å². The van der Waals surface area contributed by atoms with Crippen molar-refractivity contribution in [1.82, 2.24) is 9.80 Å². The number of hydrogen-bond acceptors (Lipinski definition) is 4. The van der Waals surface area contributed by atoms with E-state index in [1.54, 1.807) is 0 Å². The number of hydrogen-bond donors (Lipinski definition) is 1. The predicted molar refractivity (Wildman–Crippen MR) is 110 cm³/mol. The molecular weight excluding hydrogens is 308 g/mol. The first-order chi connectivity index (χ1) is 11.9. The summed E-state index contributed by atoms with van der Waals surface area (Å²) in [5.41, 5.74) is 2.41. The molecule has 0 fully saturated rings. The molecule has 0 aromatic heterocycles. The lowest BCUT2D eigenvalue weighted by Gasteiger charge is -2.22. The van der Waals surface area contributed by atoms with Gasteiger partial charge in [0.15, 0.2) is 0 Å². The van der Waals surface area contributed by atoms with E-state index in [0.29, 0.717) is 5.71 Å². The first-order valence-electron chi connectivity index (χ1n) is 9.28. The van der Waals surface area contributed by atoms with Crippen molar-refractivity contribution in [3.05, 3.63) is 48.2 Å². The highest BCUT2D eigenvalue weighted by molar-refractivity contribution is 6.01. The summed E-state index contributed by atoms with van der Waals surface area (Å²) in [6, 6.07) is 0. The Morgan fingerprint density at radius 2 is 2.04 bits per heavy atom. The Morgan fingerprint density at radius 1 is 1.32 bits per heavy atom. The SMILES string of the molecule is C/C=C(\N=C(C)CN1C=CN(C)/C1=C\C=C/CCC)C(=N)C(C)CC. The first kappa shape index (κ1) is 20.9. The Balaban J connectivity index is 2.84. The number of nitrogens with zero attached hydrogens (tertiary/aromatic N) is 3. The van der Waals surface area contributed by atoms with E-state index in [0.717, 1.165) is 43.0 Å². The van der Waals surface area contributed by atoms with Crippen molar-refractivity contribution >= 4 is 11.4 Å². The molecule has 1 aliphatic heterocycles. The van der Waals surface area contributed by atoms with E-state index in [1.165, 1.54) is 0 Å². The van der Waals surface area contributed by atoms with Crippen LogP contribution in [0.2, 0.25) is 0 Å². The zero-order chi connectivity index (χ0) is 18.8. The fourth-order valence-electron chi connectivity index (χ4n) is 2.52. The molecular formula is C21H34N4. The van der Waals surface area contributed by atoms with Crippen LogP contribution in [0.1, 0.15) is 53.9 Å². The molecule has 25 heavy (non-hydrogen) atoms. The minimum absolute atomic E-state index is 0.236. The molecule has 1 heterocycles. The fraction of sp³-hybridized carbons (Fsp3) is 0.524. The molecule has 4 heteroatoms. The zero-order valence-electron chi connectivity index (χ0n) is 16.7. The quantitative estimate of drug-likeness (QED) is 0.575. The maximum Gasteiger partial charge on any atom is 0.112 e. The Hall–Kier alpha value is -2.10. The van der Waals surface area contributed by atoms with Crippen LogP contribution >= 0.6 is 0 Å². The van der Waals surface area contributed by atoms with E-state index in [4.69, 9.17) is 10.4 Å². The maximum atomic E-state index is 8.30. The van der Waals surface area contributed by atoms with Crippen molar-refractivity contribution in [3.63, 3.8) is 0 Å². The third-order valence-electron chi connectivity index (χ3n) is 4.33. The van der Waals surface area contributed by atoms with Crippen molar-refractivity contribution in [2.24, 2.45) is 10.9 Å². The van der Waals surface area contributed by atoms with Crippen LogP contribution in [0.4, 0.5) is 0 Å². The van der Waals surface area contributed by atoms with Gasteiger partial charge in [-0.15, -0.1) is 0 Å². The molecule has 0 amide bonds. The van der Waals surface area contributed by atoms with Crippen LogP contribution in [0.15, 0.2) is 53.2 Å². The fourth-order valence-corrected chi connectivity index (χ4v) is 2.52. The van der Waals surface area contributed by atoms with Gasteiger partial charge in [0, 0.05) is 25.2 Å². The molecule has 0 saturated carbocycles. The summed E-state index contributed by atoms with van der Waals surface area (Å²) in [4.78, 5) is 9.01. The largest absolute Gasteiger partial charge is 0.336 e. The summed E-state index contributed by atoms with van der Waals surface area (Å²) in [5, 5.41) is 8.30. The average Bonchev–Trinajstić information content (AvgIpc) is 2.95. The Bertz CT molecular complexity index is 593. The van der Waals surface area contributed by atoms with Crippen molar-refractivity contribution in [2.75, 3.05) is 13.6 Å². The average molecular weight is 343 g/mol. The summed E-state index contributed by atoms with van der Waals surface area (Å²) in [6.07, 6.45) is 15.8. The standard InChI is InChI=1S/C21H34N4/c1-7-10-11-12-13-20-24(6)14-15-25(20)16-18(5)23-19(9-3)21(22)17(4)8-2/h9,11-15,17,22H,7-8,10,16H2,1-6H3/b12-11-,19-9-,20-13+,22-21?,23-18?. The van der Waals surface area contributed by atoms with E-state index in [2.05, 4.69) is 68.2 Å². The Labute approximate surface area is 153 Å². The number of aliphatic imine (C=N–C) groups is 1. The van der Waals surface area contributed by atoms with Crippen LogP contribution in [0.25, 0.3) is 0 Å². The normalized spacial score (nSPS) is 18.7. The Morgan fingerprint density at radius 3 is 2.64 bits per heavy atom. The second-order valence-corrected chi connectivity index (χ2v) is 6.52. The molecule has 0 aromatic rings. The van der Waals surface area contributed by atoms with Crippen LogP contribution in [0.5, 0.6) is 0 Å². The van der Waals surface area contributed by atoms with Gasteiger partial charge in [-0.25, -0.2) is 0 Å². The molecule has 0 aliphatic carbocycles. The van der Waals surface area contributed by atoms with Gasteiger partial charge >= 0.3 is 0 Å². The van der Waals surface area contributed by atoms with Crippen molar-refractivity contribution in [1.29, 1.82) is 5.41 Å². The van der Waals surface area contributed by atoms with Crippen LogP contribution in [0.3, 0.4) is 0 Å². The summed E-state index contributed by atoms with van der Waals surface area (Å²) in [6.45, 7) is 11.1. The van der Waals surface area contributed by atoms with Gasteiger partial charge in [0.2, 0.25) is 0 Å². The van der Waals surface area contributed by atoms with Crippen LogP contribution in [-0.4, -0.2) is 34.8 Å². The van der Waals surface area contributed by atoms with Gasteiger partial charge in [0.05, 0.1) is 18.0 Å². The highest BCUT2D eigenvalue weighted by atomic mass is 15.3. The second-order valence-electron chi connectivity index (χ2n) is 6.52. The lowest BCUT2D eigenvalue weighted by atomic mass is 10.0. The molecule has 0 radical (unpaired) electrons. The molecule has 1 atom stereocenters. The highest BCUT2D eigenvalue weighted by Crippen LogP contribution is 2.18. The molecule has 1 rings (SSSR count). The summed E-state index contributed by atoms with van der Waals surface area (Å²) in [7, 11) is 2.05. The van der Waals surface area contributed by atoms with E-state index < -0.39 is 0 Å². The molecule has 0 spiro atoms. The highest BCUT2D eigenvalue weighted by Gasteiger charge is 2.17. The molecule has 0 bridgehead atoms. The van der Waals surface area contributed by atoms with Crippen molar-refractivity contribution in [3.8, 4) is 0 Å². The summed E-state index contributed by atoms with van der Waals surface area (Å²) in [5.74, 6) is 1.38. The second kappa shape index (κ2) is 10.7. The van der Waals surface area contributed by atoms with E-state index in [9.17, 15) is 0 Å². The minimum atomic E-state index is 0.236. The topological polar surface area (TPSA) is 42.7 Å². The van der Waals surface area contributed by atoms with E-state index in [1.807, 2.05) is 19.9 Å². The third kappa shape index (κ3) is 6.37. The number of allylic oxidation sites excluding steroid dienone is 5. The monoisotopic (exact) mass is 342 g/mol. The van der Waals surface area contributed by atoms with Gasteiger partial charge in [-0.05, 0) is 38.7 Å². The number of nitrogens with one attached hydrogen (secondary N) is 1. The van der Waals surface area contributed by atoms with Gasteiger partial charge in [0.1, 0.15) is 5.82 Å². The lowest BCUT2D eigenvalue weighted by molar-refractivity contribution is 0.428. The van der Waals surface area contributed by atoms with Gasteiger partial charge < -0.3 is 15.2 Å². The van der Waals surface area contributed by atoms with Crippen molar-refractivity contribution in [2.45, 2.75) is 53.9 Å². The molecule has 138 valence electrons. The molecule has 1 unspecified atom stereocenters. The summed E-state index contributed by atoms with van der Waals surface area (Å²) < 4.78 is 0. The third-order valence-corrected chi connectivity index (χ3v) is 4.33. The molecule has 0 aromatic carbocycles. The maximum absolute atomic E-state index is 8.30. The first-order valence-corrected chi connectivity index (χ1v) is 9.28. The Kier molecular flexibility index (Phi) is 8.96. The molecule has 1 aliphatic rings. The molecule has 4 nitrogen and oxygen atoms in total. The minimum Gasteiger partial charge on any atom is -0.336 e. The van der Waals surface area contributed by atoms with Gasteiger partial charge in [0.25, 0.3) is 0 Å². The van der Waals surface area contributed by atoms with Crippen LogP contribution in [-0.2, 0) is 0 Å². The van der Waals surface area contributed by atoms with Crippen molar-refractivity contribution < 1.29 is 0 Å². The zero-order valence-corrected chi connectivity index (χ0v) is 16.7. The van der Waals surface area contributed by atoms with Crippen LogP contribution in [0, 0.1) is 11.3 Å². The smallest absolute Gasteiger partial charge is 0.112 e. The van der Waals surface area contributed by atoms with Gasteiger partial charge in [-0.2, -0.15) is 0 Å². The summed E-state index contributed by atoms with van der Waals surface area (Å²) >= 11 is 0. The van der Waals surface area contributed by atoms with Crippen LogP contribution < -0.4 is 0 Å². The van der Waals surface area contributed by atoms with Gasteiger partial charge in [-0.1, -0.05) is 45.4 Å². The van der Waals surface area contributed by atoms with Gasteiger partial charge in [-0.3, -0.25) is 4.99 Å².